The minimum Gasteiger partial charge on any atom is -0.355 e. The summed E-state index contributed by atoms with van der Waals surface area (Å²) in [6.45, 7) is 2.67. The minimum atomic E-state index is -0.142. The summed E-state index contributed by atoms with van der Waals surface area (Å²) in [5, 5.41) is 5.87. The Labute approximate surface area is 139 Å². The quantitative estimate of drug-likeness (QED) is 0.704. The summed E-state index contributed by atoms with van der Waals surface area (Å²) in [4.78, 5) is 15.1. The highest BCUT2D eigenvalue weighted by molar-refractivity contribution is 7.13. The summed E-state index contributed by atoms with van der Waals surface area (Å²) >= 11 is 1.56. The second kappa shape index (κ2) is 6.79. The van der Waals surface area contributed by atoms with Crippen molar-refractivity contribution in [3.05, 3.63) is 64.7 Å². The molecule has 1 amide bonds. The number of nitrogens with zero attached hydrogens (tertiary/aromatic N) is 2. The van der Waals surface area contributed by atoms with Gasteiger partial charge in [0.15, 0.2) is 11.5 Å². The molecule has 1 aromatic carbocycles. The van der Waals surface area contributed by atoms with E-state index in [1.54, 1.807) is 29.4 Å². The van der Waals surface area contributed by atoms with E-state index in [9.17, 15) is 4.79 Å². The molecule has 0 bridgehead atoms. The lowest BCUT2D eigenvalue weighted by Gasteiger charge is -2.15. The summed E-state index contributed by atoms with van der Waals surface area (Å²) < 4.78 is 5.27. The molecule has 0 aliphatic heterocycles. The zero-order valence-electron chi connectivity index (χ0n) is 13.2. The molecule has 0 saturated heterocycles. The lowest BCUT2D eigenvalue weighted by molar-refractivity contribution is 0.0775. The Morgan fingerprint density at radius 2 is 1.96 bits per heavy atom. The molecule has 0 saturated carbocycles. The Kier molecular flexibility index (Phi) is 4.57. The van der Waals surface area contributed by atoms with E-state index in [0.29, 0.717) is 18.0 Å². The fourth-order valence-corrected chi connectivity index (χ4v) is 3.01. The molecule has 2 heterocycles. The van der Waals surface area contributed by atoms with Gasteiger partial charge >= 0.3 is 0 Å². The lowest BCUT2D eigenvalue weighted by Crippen LogP contribution is -2.26. The highest BCUT2D eigenvalue weighted by Crippen LogP contribution is 2.25. The van der Waals surface area contributed by atoms with Crippen LogP contribution in [0.2, 0.25) is 0 Å². The van der Waals surface area contributed by atoms with Crippen LogP contribution in [0, 0.1) is 0 Å². The molecule has 0 aliphatic rings. The van der Waals surface area contributed by atoms with Crippen LogP contribution in [0.4, 0.5) is 0 Å². The molecule has 3 aromatic rings. The van der Waals surface area contributed by atoms with Gasteiger partial charge in [-0.1, -0.05) is 42.4 Å². The number of aromatic nitrogens is 1. The number of hydrogen-bond donors (Lipinski definition) is 0. The van der Waals surface area contributed by atoms with Crippen molar-refractivity contribution in [1.29, 1.82) is 0 Å². The van der Waals surface area contributed by atoms with Gasteiger partial charge in [-0.2, -0.15) is 0 Å². The summed E-state index contributed by atoms with van der Waals surface area (Å²) in [5.74, 6) is 0.486. The number of benzene rings is 1. The van der Waals surface area contributed by atoms with Crippen molar-refractivity contribution in [3.63, 3.8) is 0 Å². The topological polar surface area (TPSA) is 46.3 Å². The van der Waals surface area contributed by atoms with Crippen molar-refractivity contribution < 1.29 is 9.32 Å². The normalized spacial score (nSPS) is 10.7. The number of hydrogen-bond acceptors (Lipinski definition) is 4. The number of amides is 1. The smallest absolute Gasteiger partial charge is 0.276 e. The van der Waals surface area contributed by atoms with Crippen molar-refractivity contribution in [3.8, 4) is 10.6 Å². The van der Waals surface area contributed by atoms with Gasteiger partial charge in [-0.05, 0) is 29.0 Å². The van der Waals surface area contributed by atoms with Crippen molar-refractivity contribution in [2.24, 2.45) is 0 Å². The third-order valence-electron chi connectivity index (χ3n) is 3.69. The zero-order chi connectivity index (χ0) is 16.2. The van der Waals surface area contributed by atoms with E-state index in [2.05, 4.69) is 36.3 Å². The van der Waals surface area contributed by atoms with Crippen LogP contribution in [-0.2, 0) is 13.0 Å². The van der Waals surface area contributed by atoms with E-state index in [4.69, 9.17) is 4.52 Å². The second-order valence-electron chi connectivity index (χ2n) is 5.38. The van der Waals surface area contributed by atoms with Gasteiger partial charge in [0.1, 0.15) is 0 Å². The number of carbonyl (C=O) groups is 1. The number of thiophene rings is 1. The Morgan fingerprint density at radius 1 is 1.22 bits per heavy atom. The van der Waals surface area contributed by atoms with E-state index >= 15 is 0 Å². The molecule has 0 unspecified atom stereocenters. The van der Waals surface area contributed by atoms with Crippen LogP contribution in [-0.4, -0.2) is 23.0 Å². The maximum absolute atomic E-state index is 12.5. The molecule has 4 nitrogen and oxygen atoms in total. The van der Waals surface area contributed by atoms with Crippen LogP contribution in [0.1, 0.15) is 28.5 Å². The van der Waals surface area contributed by atoms with Gasteiger partial charge in [0.25, 0.3) is 5.91 Å². The molecular formula is C18H18N2O2S. The molecule has 23 heavy (non-hydrogen) atoms. The summed E-state index contributed by atoms with van der Waals surface area (Å²) in [6, 6.07) is 13.9. The molecular weight excluding hydrogens is 308 g/mol. The van der Waals surface area contributed by atoms with E-state index in [0.717, 1.165) is 16.9 Å². The first-order chi connectivity index (χ1) is 11.2. The minimum absolute atomic E-state index is 0.142. The van der Waals surface area contributed by atoms with Crippen LogP contribution in [0.25, 0.3) is 10.6 Å². The largest absolute Gasteiger partial charge is 0.355 e. The third kappa shape index (κ3) is 3.51. The van der Waals surface area contributed by atoms with Gasteiger partial charge in [0, 0.05) is 19.7 Å². The highest BCUT2D eigenvalue weighted by Gasteiger charge is 2.18. The predicted octanol–water partition coefficient (Wildman–Crippen LogP) is 4.24. The maximum atomic E-state index is 12.5. The fraction of sp³-hybridized carbons (Fsp3) is 0.222. The van der Waals surface area contributed by atoms with Crippen LogP contribution >= 0.6 is 11.3 Å². The molecule has 0 atom stereocenters. The molecule has 2 aromatic heterocycles. The molecule has 5 heteroatoms. The van der Waals surface area contributed by atoms with Gasteiger partial charge in [-0.3, -0.25) is 4.79 Å². The standard InChI is InChI=1S/C18H18N2O2S/c1-3-13-6-8-14(9-7-13)12-20(2)18(21)15-11-16(22-19-15)17-5-4-10-23-17/h4-11H,3,12H2,1-2H3. The molecule has 0 aliphatic carbocycles. The van der Waals surface area contributed by atoms with Crippen LogP contribution in [0.5, 0.6) is 0 Å². The summed E-state index contributed by atoms with van der Waals surface area (Å²) in [6.07, 6.45) is 1.01. The molecule has 118 valence electrons. The molecule has 0 radical (unpaired) electrons. The third-order valence-corrected chi connectivity index (χ3v) is 4.58. The number of carbonyl (C=O) groups excluding carboxylic acids is 1. The second-order valence-corrected chi connectivity index (χ2v) is 6.33. The van der Waals surface area contributed by atoms with Crippen molar-refractivity contribution in [2.45, 2.75) is 19.9 Å². The van der Waals surface area contributed by atoms with Gasteiger partial charge < -0.3 is 9.42 Å². The average Bonchev–Trinajstić information content (AvgIpc) is 3.26. The van der Waals surface area contributed by atoms with E-state index in [-0.39, 0.29) is 5.91 Å². The predicted molar refractivity (Wildman–Crippen MR) is 91.4 cm³/mol. The average molecular weight is 326 g/mol. The number of aryl methyl sites for hydroxylation is 1. The Hall–Kier alpha value is -2.40. The van der Waals surface area contributed by atoms with Crippen LogP contribution in [0.15, 0.2) is 52.4 Å². The van der Waals surface area contributed by atoms with Crippen molar-refractivity contribution >= 4 is 17.2 Å². The fourth-order valence-electron chi connectivity index (χ4n) is 2.33. The van der Waals surface area contributed by atoms with E-state index in [1.807, 2.05) is 17.5 Å². The molecule has 0 fully saturated rings. The van der Waals surface area contributed by atoms with Crippen LogP contribution in [0.3, 0.4) is 0 Å². The van der Waals surface area contributed by atoms with E-state index in [1.165, 1.54) is 5.56 Å². The SMILES string of the molecule is CCc1ccc(CN(C)C(=O)c2cc(-c3cccs3)on2)cc1. The Balaban J connectivity index is 1.69. The van der Waals surface area contributed by atoms with Gasteiger partial charge in [-0.25, -0.2) is 0 Å². The molecule has 3 rings (SSSR count). The van der Waals surface area contributed by atoms with Gasteiger partial charge in [0.2, 0.25) is 0 Å². The molecule has 0 N–H and O–H groups in total. The maximum Gasteiger partial charge on any atom is 0.276 e. The zero-order valence-corrected chi connectivity index (χ0v) is 14.0. The Morgan fingerprint density at radius 3 is 2.61 bits per heavy atom. The van der Waals surface area contributed by atoms with Crippen LogP contribution < -0.4 is 0 Å². The van der Waals surface area contributed by atoms with E-state index < -0.39 is 0 Å². The number of rotatable bonds is 5. The first kappa shape index (κ1) is 15.5. The highest BCUT2D eigenvalue weighted by atomic mass is 32.1. The first-order valence-electron chi connectivity index (χ1n) is 7.51. The Bertz CT molecular complexity index is 776. The first-order valence-corrected chi connectivity index (χ1v) is 8.39. The molecule has 0 spiro atoms. The van der Waals surface area contributed by atoms with Crippen molar-refractivity contribution in [1.82, 2.24) is 10.1 Å². The summed E-state index contributed by atoms with van der Waals surface area (Å²) in [5.41, 5.74) is 2.72. The lowest BCUT2D eigenvalue weighted by atomic mass is 10.1. The van der Waals surface area contributed by atoms with Gasteiger partial charge in [-0.15, -0.1) is 11.3 Å². The van der Waals surface area contributed by atoms with Crippen molar-refractivity contribution in [2.75, 3.05) is 7.05 Å². The summed E-state index contributed by atoms with van der Waals surface area (Å²) in [7, 11) is 1.77. The van der Waals surface area contributed by atoms with Gasteiger partial charge in [0.05, 0.1) is 4.88 Å². The monoisotopic (exact) mass is 326 g/mol.